The van der Waals surface area contributed by atoms with Gasteiger partial charge in [0.05, 0.1) is 23.6 Å². The molecular weight excluding hydrogens is 418 g/mol. The Labute approximate surface area is 182 Å². The molecule has 2 heterocycles. The number of rotatable bonds is 4. The summed E-state index contributed by atoms with van der Waals surface area (Å²) in [6.07, 6.45) is 5.46. The number of aromatic nitrogens is 1. The van der Waals surface area contributed by atoms with E-state index >= 15 is 0 Å². The minimum atomic E-state index is -3.74. The highest BCUT2D eigenvalue weighted by Gasteiger charge is 2.27. The summed E-state index contributed by atoms with van der Waals surface area (Å²) in [5.74, 6) is 0.261. The third-order valence-corrected chi connectivity index (χ3v) is 8.26. The highest BCUT2D eigenvalue weighted by Crippen LogP contribution is 2.24. The molecule has 1 saturated heterocycles. The molecule has 1 amide bonds. The van der Waals surface area contributed by atoms with Crippen molar-refractivity contribution in [1.29, 1.82) is 0 Å². The number of hydrogen-bond acceptors (Lipinski definition) is 5. The highest BCUT2D eigenvalue weighted by atomic mass is 32.2. The molecule has 4 rings (SSSR count). The van der Waals surface area contributed by atoms with Crippen LogP contribution in [-0.2, 0) is 21.8 Å². The molecule has 0 radical (unpaired) electrons. The van der Waals surface area contributed by atoms with Crippen molar-refractivity contribution in [3.8, 4) is 0 Å². The topological polar surface area (TPSA) is 97.7 Å². The summed E-state index contributed by atoms with van der Waals surface area (Å²) in [6, 6.07) is 4.59. The van der Waals surface area contributed by atoms with Gasteiger partial charge in [0.15, 0.2) is 0 Å². The number of nitrogens with zero attached hydrogens (tertiary/aromatic N) is 2. The Kier molecular flexibility index (Phi) is 6.18. The highest BCUT2D eigenvalue weighted by molar-refractivity contribution is 7.89. The van der Waals surface area contributed by atoms with E-state index in [1.165, 1.54) is 22.6 Å². The van der Waals surface area contributed by atoms with Gasteiger partial charge in [0.25, 0.3) is 5.91 Å². The Morgan fingerprint density at radius 1 is 1.13 bits per heavy atom. The van der Waals surface area contributed by atoms with Crippen LogP contribution in [0.25, 0.3) is 10.9 Å². The first-order valence-electron chi connectivity index (χ1n) is 10.8. The van der Waals surface area contributed by atoms with Crippen molar-refractivity contribution < 1.29 is 17.9 Å². The van der Waals surface area contributed by atoms with E-state index in [2.05, 4.69) is 12.2 Å². The molecule has 2 aliphatic rings. The lowest BCUT2D eigenvalue weighted by atomic mass is 9.87. The molecule has 0 unspecified atom stereocenters. The van der Waals surface area contributed by atoms with E-state index in [1.807, 2.05) is 0 Å². The SMILES string of the molecule is CC1CCC(NC(=O)c2cn(C)c3ccc(S(=O)(=O)N4CCOCC4)cc3c2=O)CC1. The predicted molar refractivity (Wildman–Crippen MR) is 118 cm³/mol. The summed E-state index contributed by atoms with van der Waals surface area (Å²) < 4.78 is 34.3. The number of carbonyl (C=O) groups excluding carboxylic acids is 1. The molecule has 1 aliphatic carbocycles. The number of benzene rings is 1. The summed E-state index contributed by atoms with van der Waals surface area (Å²) in [7, 11) is -1.99. The number of morpholine rings is 1. The van der Waals surface area contributed by atoms with Crippen LogP contribution in [0.1, 0.15) is 43.0 Å². The number of amides is 1. The fourth-order valence-corrected chi connectivity index (χ4v) is 5.83. The number of nitrogens with one attached hydrogen (secondary N) is 1. The maximum atomic E-state index is 13.2. The Morgan fingerprint density at radius 2 is 1.81 bits per heavy atom. The Bertz CT molecular complexity index is 1140. The molecule has 0 atom stereocenters. The number of fused-ring (bicyclic) bond motifs is 1. The van der Waals surface area contributed by atoms with Crippen molar-refractivity contribution in [2.24, 2.45) is 13.0 Å². The van der Waals surface area contributed by atoms with Gasteiger partial charge in [-0.1, -0.05) is 6.92 Å². The lowest BCUT2D eigenvalue weighted by Crippen LogP contribution is -2.40. The maximum absolute atomic E-state index is 13.2. The number of aryl methyl sites for hydroxylation is 1. The molecule has 1 aromatic heterocycles. The van der Waals surface area contributed by atoms with Crippen LogP contribution in [0.3, 0.4) is 0 Å². The normalized spacial score (nSPS) is 23.0. The molecule has 31 heavy (non-hydrogen) atoms. The zero-order chi connectivity index (χ0) is 22.2. The number of ether oxygens (including phenoxy) is 1. The summed E-state index contributed by atoms with van der Waals surface area (Å²) >= 11 is 0. The van der Waals surface area contributed by atoms with E-state index in [-0.39, 0.29) is 35.0 Å². The molecule has 2 aromatic rings. The van der Waals surface area contributed by atoms with E-state index < -0.39 is 21.4 Å². The Hall–Kier alpha value is -2.23. The molecule has 9 heteroatoms. The summed E-state index contributed by atoms with van der Waals surface area (Å²) in [5, 5.41) is 3.22. The van der Waals surface area contributed by atoms with Gasteiger partial charge in [0.1, 0.15) is 5.56 Å². The molecule has 1 N–H and O–H groups in total. The van der Waals surface area contributed by atoms with Crippen molar-refractivity contribution in [3.63, 3.8) is 0 Å². The van der Waals surface area contributed by atoms with Crippen molar-refractivity contribution in [3.05, 3.63) is 40.2 Å². The number of pyridine rings is 1. The first-order chi connectivity index (χ1) is 14.8. The second-order valence-corrected chi connectivity index (χ2v) is 10.5. The zero-order valence-electron chi connectivity index (χ0n) is 18.0. The lowest BCUT2D eigenvalue weighted by molar-refractivity contribution is 0.0730. The molecule has 8 nitrogen and oxygen atoms in total. The van der Waals surface area contributed by atoms with Gasteiger partial charge in [0, 0.05) is 37.8 Å². The monoisotopic (exact) mass is 447 g/mol. The quantitative estimate of drug-likeness (QED) is 0.772. The standard InChI is InChI=1S/C22H29N3O5S/c1-15-3-5-16(6-4-15)23-22(27)19-14-24(2)20-8-7-17(13-18(20)21(19)26)31(28,29)25-9-11-30-12-10-25/h7-8,13-16H,3-6,9-12H2,1-2H3,(H,23,27). The second-order valence-electron chi connectivity index (χ2n) is 8.61. The van der Waals surface area contributed by atoms with Crippen LogP contribution in [0.2, 0.25) is 0 Å². The van der Waals surface area contributed by atoms with Crippen LogP contribution in [0, 0.1) is 5.92 Å². The van der Waals surface area contributed by atoms with Crippen molar-refractivity contribution in [1.82, 2.24) is 14.2 Å². The van der Waals surface area contributed by atoms with E-state index in [4.69, 9.17) is 4.74 Å². The molecule has 0 bridgehead atoms. The van der Waals surface area contributed by atoms with Gasteiger partial charge >= 0.3 is 0 Å². The average Bonchev–Trinajstić information content (AvgIpc) is 2.78. The van der Waals surface area contributed by atoms with Gasteiger partial charge in [-0.15, -0.1) is 0 Å². The van der Waals surface area contributed by atoms with Crippen molar-refractivity contribution >= 4 is 26.8 Å². The van der Waals surface area contributed by atoms with Crippen LogP contribution >= 0.6 is 0 Å². The number of hydrogen-bond donors (Lipinski definition) is 1. The first-order valence-corrected chi connectivity index (χ1v) is 12.2. The van der Waals surface area contributed by atoms with E-state index in [9.17, 15) is 18.0 Å². The molecule has 2 fully saturated rings. The van der Waals surface area contributed by atoms with Crippen LogP contribution in [0.4, 0.5) is 0 Å². The first kappa shape index (κ1) is 22.0. The van der Waals surface area contributed by atoms with Crippen molar-refractivity contribution in [2.45, 2.75) is 43.5 Å². The van der Waals surface area contributed by atoms with Gasteiger partial charge in [-0.05, 0) is 49.8 Å². The fraction of sp³-hybridized carbons (Fsp3) is 0.545. The molecule has 1 aromatic carbocycles. The van der Waals surface area contributed by atoms with Gasteiger partial charge in [0.2, 0.25) is 15.5 Å². The molecule has 1 aliphatic heterocycles. The third kappa shape index (κ3) is 4.40. The Balaban J connectivity index is 1.68. The van der Waals surface area contributed by atoms with Crippen LogP contribution in [0.5, 0.6) is 0 Å². The summed E-state index contributed by atoms with van der Waals surface area (Å²) in [6.45, 7) is 3.46. The van der Waals surface area contributed by atoms with E-state index in [1.54, 1.807) is 17.7 Å². The largest absolute Gasteiger partial charge is 0.379 e. The average molecular weight is 448 g/mol. The fourth-order valence-electron chi connectivity index (χ4n) is 4.40. The van der Waals surface area contributed by atoms with Gasteiger partial charge < -0.3 is 14.6 Å². The molecule has 1 saturated carbocycles. The lowest BCUT2D eigenvalue weighted by Gasteiger charge is -2.27. The second kappa shape index (κ2) is 8.72. The van der Waals surface area contributed by atoms with Gasteiger partial charge in [-0.3, -0.25) is 9.59 Å². The van der Waals surface area contributed by atoms with Gasteiger partial charge in [-0.2, -0.15) is 4.31 Å². The number of carbonyl (C=O) groups is 1. The third-order valence-electron chi connectivity index (χ3n) is 6.36. The van der Waals surface area contributed by atoms with Crippen LogP contribution in [0.15, 0.2) is 34.1 Å². The minimum absolute atomic E-state index is 0.0366. The zero-order valence-corrected chi connectivity index (χ0v) is 18.8. The van der Waals surface area contributed by atoms with Crippen LogP contribution in [-0.4, -0.2) is 55.5 Å². The smallest absolute Gasteiger partial charge is 0.256 e. The number of sulfonamides is 1. The maximum Gasteiger partial charge on any atom is 0.256 e. The Morgan fingerprint density at radius 3 is 2.48 bits per heavy atom. The van der Waals surface area contributed by atoms with Crippen LogP contribution < -0.4 is 10.7 Å². The summed E-state index contributed by atoms with van der Waals surface area (Å²) in [5.41, 5.74) is 0.164. The molecule has 0 spiro atoms. The predicted octanol–water partition coefficient (Wildman–Crippen LogP) is 1.87. The summed E-state index contributed by atoms with van der Waals surface area (Å²) in [4.78, 5) is 26.1. The van der Waals surface area contributed by atoms with E-state index in [0.29, 0.717) is 24.6 Å². The minimum Gasteiger partial charge on any atom is -0.379 e. The molecule has 168 valence electrons. The molecular formula is C22H29N3O5S. The van der Waals surface area contributed by atoms with Gasteiger partial charge in [-0.25, -0.2) is 8.42 Å². The van der Waals surface area contributed by atoms with Crippen molar-refractivity contribution in [2.75, 3.05) is 26.3 Å². The van der Waals surface area contributed by atoms with E-state index in [0.717, 1.165) is 25.7 Å².